The minimum Gasteiger partial charge on any atom is -0.376 e. The molecule has 0 aromatic heterocycles. The van der Waals surface area contributed by atoms with Crippen molar-refractivity contribution in [2.75, 3.05) is 6.61 Å². The Balaban J connectivity index is 2.27. The Morgan fingerprint density at radius 2 is 2.11 bits per heavy atom. The molecule has 1 aromatic rings. The molecule has 3 N–H and O–H groups in total. The van der Waals surface area contributed by atoms with Gasteiger partial charge in [0.15, 0.2) is 0 Å². The number of hydrogen-bond acceptors (Lipinski definition) is 3. The van der Waals surface area contributed by atoms with Gasteiger partial charge in [0.2, 0.25) is 0 Å². The number of hydrogen-bond donors (Lipinski definition) is 2. The second kappa shape index (κ2) is 5.44. The first-order valence-electron chi connectivity index (χ1n) is 5.88. The average molecular weight is 278 g/mol. The number of nitrogens with one attached hydrogen (secondary N) is 1. The quantitative estimate of drug-likeness (QED) is 0.507. The maximum Gasteiger partial charge on any atom is 0.419 e. The molecule has 1 heterocycles. The van der Waals surface area contributed by atoms with Gasteiger partial charge in [-0.2, -0.15) is 13.2 Å². The molecule has 0 radical (unpaired) electrons. The minimum atomic E-state index is -4.70. The molecule has 2 atom stereocenters. The van der Waals surface area contributed by atoms with Crippen LogP contribution in [-0.4, -0.2) is 12.7 Å². The van der Waals surface area contributed by atoms with Crippen molar-refractivity contribution in [1.29, 1.82) is 0 Å². The first-order chi connectivity index (χ1) is 8.93. The smallest absolute Gasteiger partial charge is 0.376 e. The summed E-state index contributed by atoms with van der Waals surface area (Å²) in [7, 11) is 0. The zero-order chi connectivity index (χ0) is 14.0. The first kappa shape index (κ1) is 14.2. The van der Waals surface area contributed by atoms with E-state index >= 15 is 0 Å². The predicted octanol–water partition coefficient (Wildman–Crippen LogP) is 2.53. The number of hydrazine groups is 1. The molecule has 0 amide bonds. The molecule has 2 unspecified atom stereocenters. The van der Waals surface area contributed by atoms with E-state index in [0.29, 0.717) is 12.2 Å². The fraction of sp³-hybridized carbons (Fsp3) is 0.500. The van der Waals surface area contributed by atoms with Crippen LogP contribution < -0.4 is 11.3 Å². The SMILES string of the molecule is NNC(c1ccc(C(F)(F)F)c(F)c1)C1CCCO1. The average Bonchev–Trinajstić information content (AvgIpc) is 2.82. The van der Waals surface area contributed by atoms with E-state index in [1.165, 1.54) is 6.07 Å². The minimum absolute atomic E-state index is 0.249. The number of benzene rings is 1. The summed E-state index contributed by atoms with van der Waals surface area (Å²) in [5.41, 5.74) is 1.54. The number of nitrogens with two attached hydrogens (primary N) is 1. The van der Waals surface area contributed by atoms with E-state index in [2.05, 4.69) is 5.43 Å². The predicted molar refractivity (Wildman–Crippen MR) is 60.4 cm³/mol. The van der Waals surface area contributed by atoms with E-state index in [-0.39, 0.29) is 6.10 Å². The van der Waals surface area contributed by atoms with Crippen LogP contribution in [0.4, 0.5) is 17.6 Å². The number of rotatable bonds is 3. The van der Waals surface area contributed by atoms with Crippen LogP contribution in [0.15, 0.2) is 18.2 Å². The highest BCUT2D eigenvalue weighted by Crippen LogP contribution is 2.34. The van der Waals surface area contributed by atoms with Crippen molar-refractivity contribution in [3.05, 3.63) is 35.1 Å². The Bertz CT molecular complexity index is 444. The van der Waals surface area contributed by atoms with Crippen LogP contribution in [0.5, 0.6) is 0 Å². The lowest BCUT2D eigenvalue weighted by molar-refractivity contribution is -0.140. The van der Waals surface area contributed by atoms with Gasteiger partial charge in [-0.25, -0.2) is 4.39 Å². The summed E-state index contributed by atoms with van der Waals surface area (Å²) in [6.07, 6.45) is -3.36. The van der Waals surface area contributed by atoms with Crippen molar-refractivity contribution < 1.29 is 22.3 Å². The Kier molecular flexibility index (Phi) is 4.07. The molecule has 2 rings (SSSR count). The van der Waals surface area contributed by atoms with Crippen molar-refractivity contribution in [1.82, 2.24) is 5.43 Å². The molecular weight excluding hydrogens is 264 g/mol. The van der Waals surface area contributed by atoms with Gasteiger partial charge in [-0.15, -0.1) is 0 Å². The van der Waals surface area contributed by atoms with Crippen molar-refractivity contribution >= 4 is 0 Å². The molecule has 0 saturated carbocycles. The largest absolute Gasteiger partial charge is 0.419 e. The van der Waals surface area contributed by atoms with Gasteiger partial charge in [0.1, 0.15) is 5.82 Å². The van der Waals surface area contributed by atoms with E-state index in [9.17, 15) is 17.6 Å². The van der Waals surface area contributed by atoms with Crippen molar-refractivity contribution in [3.63, 3.8) is 0 Å². The monoisotopic (exact) mass is 278 g/mol. The van der Waals surface area contributed by atoms with Gasteiger partial charge >= 0.3 is 6.18 Å². The lowest BCUT2D eigenvalue weighted by Gasteiger charge is -2.23. The van der Waals surface area contributed by atoms with E-state index < -0.39 is 23.6 Å². The van der Waals surface area contributed by atoms with Gasteiger partial charge in [0, 0.05) is 6.61 Å². The zero-order valence-electron chi connectivity index (χ0n) is 10.0. The van der Waals surface area contributed by atoms with Crippen molar-refractivity contribution in [2.24, 2.45) is 5.84 Å². The molecule has 3 nitrogen and oxygen atoms in total. The number of alkyl halides is 3. The van der Waals surface area contributed by atoms with E-state index in [1.54, 1.807) is 0 Å². The highest BCUT2D eigenvalue weighted by Gasteiger charge is 2.35. The lowest BCUT2D eigenvalue weighted by Crippen LogP contribution is -2.36. The normalized spacial score (nSPS) is 21.6. The molecule has 1 saturated heterocycles. The van der Waals surface area contributed by atoms with E-state index in [0.717, 1.165) is 25.0 Å². The highest BCUT2D eigenvalue weighted by molar-refractivity contribution is 5.29. The summed E-state index contributed by atoms with van der Waals surface area (Å²) in [5.74, 6) is 4.08. The molecular formula is C12H14F4N2O. The first-order valence-corrected chi connectivity index (χ1v) is 5.88. The molecule has 106 valence electrons. The van der Waals surface area contributed by atoms with Crippen LogP contribution in [0.3, 0.4) is 0 Å². The third-order valence-corrected chi connectivity index (χ3v) is 3.17. The van der Waals surface area contributed by atoms with Gasteiger partial charge in [-0.3, -0.25) is 11.3 Å². The Hall–Kier alpha value is -1.18. The molecule has 0 aliphatic carbocycles. The van der Waals surface area contributed by atoms with Crippen LogP contribution in [0.25, 0.3) is 0 Å². The number of ether oxygens (including phenoxy) is 1. The summed E-state index contributed by atoms with van der Waals surface area (Å²) < 4.78 is 56.3. The lowest BCUT2D eigenvalue weighted by atomic mass is 9.98. The van der Waals surface area contributed by atoms with Crippen molar-refractivity contribution in [2.45, 2.75) is 31.2 Å². The molecule has 0 spiro atoms. The van der Waals surface area contributed by atoms with Crippen LogP contribution in [0.1, 0.15) is 30.0 Å². The highest BCUT2D eigenvalue weighted by atomic mass is 19.4. The molecule has 19 heavy (non-hydrogen) atoms. The molecule has 1 aromatic carbocycles. The standard InChI is InChI=1S/C12H14F4N2O/c13-9-6-7(3-4-8(9)12(14,15)16)11(18-17)10-2-1-5-19-10/h3-4,6,10-11,18H,1-2,5,17H2. The molecule has 7 heteroatoms. The van der Waals surface area contributed by atoms with Gasteiger partial charge in [0.25, 0.3) is 0 Å². The third kappa shape index (κ3) is 3.05. The van der Waals surface area contributed by atoms with Gasteiger partial charge in [-0.05, 0) is 30.5 Å². The van der Waals surface area contributed by atoms with Crippen LogP contribution in [0, 0.1) is 5.82 Å². The third-order valence-electron chi connectivity index (χ3n) is 3.17. The summed E-state index contributed by atoms with van der Waals surface area (Å²) in [5, 5.41) is 0. The maximum absolute atomic E-state index is 13.5. The molecule has 1 aliphatic rings. The fourth-order valence-corrected chi connectivity index (χ4v) is 2.24. The zero-order valence-corrected chi connectivity index (χ0v) is 10.0. The van der Waals surface area contributed by atoms with Gasteiger partial charge < -0.3 is 4.74 Å². The molecule has 0 bridgehead atoms. The summed E-state index contributed by atoms with van der Waals surface area (Å²) in [6, 6.07) is 2.29. The van der Waals surface area contributed by atoms with E-state index in [1.807, 2.05) is 0 Å². The second-order valence-electron chi connectivity index (χ2n) is 4.43. The summed E-state index contributed by atoms with van der Waals surface area (Å²) >= 11 is 0. The molecule has 1 fully saturated rings. The van der Waals surface area contributed by atoms with Crippen LogP contribution in [-0.2, 0) is 10.9 Å². The van der Waals surface area contributed by atoms with E-state index in [4.69, 9.17) is 10.6 Å². The second-order valence-corrected chi connectivity index (χ2v) is 4.43. The maximum atomic E-state index is 13.5. The Morgan fingerprint density at radius 1 is 1.37 bits per heavy atom. The topological polar surface area (TPSA) is 47.3 Å². The van der Waals surface area contributed by atoms with Crippen LogP contribution >= 0.6 is 0 Å². The summed E-state index contributed by atoms with van der Waals surface area (Å²) in [4.78, 5) is 0. The van der Waals surface area contributed by atoms with Crippen molar-refractivity contribution in [3.8, 4) is 0 Å². The summed E-state index contributed by atoms with van der Waals surface area (Å²) in [6.45, 7) is 0.575. The van der Waals surface area contributed by atoms with Crippen LogP contribution in [0.2, 0.25) is 0 Å². The molecule has 1 aliphatic heterocycles. The number of halogens is 4. The van der Waals surface area contributed by atoms with Gasteiger partial charge in [0.05, 0.1) is 17.7 Å². The van der Waals surface area contributed by atoms with Gasteiger partial charge in [-0.1, -0.05) is 6.07 Å². The Morgan fingerprint density at radius 3 is 2.58 bits per heavy atom. The Labute approximate surface area is 107 Å². The fourth-order valence-electron chi connectivity index (χ4n) is 2.24.